The van der Waals surface area contributed by atoms with Crippen molar-refractivity contribution >= 4 is 11.7 Å². The Morgan fingerprint density at radius 2 is 1.56 bits per heavy atom. The van der Waals surface area contributed by atoms with Crippen LogP contribution in [-0.2, 0) is 9.53 Å². The van der Waals surface area contributed by atoms with E-state index in [0.29, 0.717) is 32.4 Å². The van der Waals surface area contributed by atoms with Crippen LogP contribution in [0.1, 0.15) is 75.6 Å². The Kier molecular flexibility index (Phi) is 16.7. The molecule has 0 aromatic heterocycles. The first-order valence-electron chi connectivity index (χ1n) is 12.4. The van der Waals surface area contributed by atoms with Crippen LogP contribution in [0.3, 0.4) is 0 Å². The average molecular weight is 468 g/mol. The van der Waals surface area contributed by atoms with Crippen LogP contribution in [0.2, 0.25) is 0 Å². The quantitative estimate of drug-likeness (QED) is 0.192. The van der Waals surface area contributed by atoms with E-state index in [1.165, 1.54) is 6.07 Å². The summed E-state index contributed by atoms with van der Waals surface area (Å²) >= 11 is 0. The van der Waals surface area contributed by atoms with E-state index in [2.05, 4.69) is 60.8 Å². The minimum atomic E-state index is -0.402. The maximum atomic E-state index is 12.4. The number of Topliss-reactive ketones (excluding diaryl/α,β-unsaturated/α-hetero) is 1. The second kappa shape index (κ2) is 19.5. The predicted molar refractivity (Wildman–Crippen MR) is 140 cm³/mol. The zero-order chi connectivity index (χ0) is 24.9. The van der Waals surface area contributed by atoms with Crippen LogP contribution in [0.15, 0.2) is 72.9 Å². The fourth-order valence-electron chi connectivity index (χ4n) is 3.20. The number of ether oxygens (including phenoxy) is 1. The van der Waals surface area contributed by atoms with Crippen molar-refractivity contribution in [2.24, 2.45) is 0 Å². The molecular weight excluding hydrogens is 426 g/mol. The number of amides is 1. The van der Waals surface area contributed by atoms with Crippen LogP contribution in [-0.4, -0.2) is 36.1 Å². The number of carbonyl (C=O) groups excluding carboxylic acids is 2. The van der Waals surface area contributed by atoms with Crippen molar-refractivity contribution in [2.75, 3.05) is 13.2 Å². The van der Waals surface area contributed by atoms with Gasteiger partial charge in [-0.2, -0.15) is 0 Å². The molecule has 0 spiro atoms. The van der Waals surface area contributed by atoms with Gasteiger partial charge >= 0.3 is 0 Å². The molecule has 0 aliphatic rings. The molecule has 1 unspecified atom stereocenters. The summed E-state index contributed by atoms with van der Waals surface area (Å²) in [6, 6.07) is 6.39. The second-order valence-corrected chi connectivity index (χ2v) is 7.90. The lowest BCUT2D eigenvalue weighted by Crippen LogP contribution is -2.27. The smallest absolute Gasteiger partial charge is 0.255 e. The second-order valence-electron chi connectivity index (χ2n) is 7.90. The van der Waals surface area contributed by atoms with Crippen LogP contribution >= 0.6 is 0 Å². The van der Waals surface area contributed by atoms with Crippen molar-refractivity contribution in [3.05, 3.63) is 78.4 Å². The molecule has 1 amide bonds. The number of aromatic hydroxyl groups is 1. The van der Waals surface area contributed by atoms with Gasteiger partial charge in [0.1, 0.15) is 11.9 Å². The SMILES string of the molecule is CC/C=C\C/C=C\C/C=C\C/C=C\CCOC(CC)C(=O)CCCNC(=O)c1ccccc1O. The number of benzene rings is 1. The topological polar surface area (TPSA) is 75.6 Å². The molecule has 0 fully saturated rings. The molecule has 5 heteroatoms. The van der Waals surface area contributed by atoms with E-state index < -0.39 is 6.10 Å². The maximum Gasteiger partial charge on any atom is 0.255 e. The van der Waals surface area contributed by atoms with Crippen molar-refractivity contribution in [3.8, 4) is 5.75 Å². The molecule has 5 nitrogen and oxygen atoms in total. The van der Waals surface area contributed by atoms with Gasteiger partial charge in [0, 0.05) is 13.0 Å². The molecule has 1 aromatic rings. The molecule has 0 aliphatic heterocycles. The zero-order valence-electron chi connectivity index (χ0n) is 20.7. The molecule has 2 N–H and O–H groups in total. The fourth-order valence-corrected chi connectivity index (χ4v) is 3.20. The van der Waals surface area contributed by atoms with E-state index in [-0.39, 0.29) is 23.0 Å². The molecule has 1 atom stereocenters. The van der Waals surface area contributed by atoms with Gasteiger partial charge in [0.05, 0.1) is 12.2 Å². The summed E-state index contributed by atoms with van der Waals surface area (Å²) in [6.45, 7) is 4.97. The third kappa shape index (κ3) is 13.6. The zero-order valence-corrected chi connectivity index (χ0v) is 20.7. The Labute approximate surface area is 205 Å². The van der Waals surface area contributed by atoms with Gasteiger partial charge < -0.3 is 15.2 Å². The molecule has 1 aromatic carbocycles. The number of nitrogens with one attached hydrogen (secondary N) is 1. The molecule has 0 saturated heterocycles. The van der Waals surface area contributed by atoms with Gasteiger partial charge in [0.15, 0.2) is 5.78 Å². The molecule has 0 bridgehead atoms. The number of carbonyl (C=O) groups is 2. The number of ketones is 1. The summed E-state index contributed by atoms with van der Waals surface area (Å²) < 4.78 is 5.76. The van der Waals surface area contributed by atoms with E-state index in [0.717, 1.165) is 32.1 Å². The third-order valence-electron chi connectivity index (χ3n) is 5.09. The lowest BCUT2D eigenvalue weighted by atomic mass is 10.1. The number of phenols is 1. The van der Waals surface area contributed by atoms with Crippen LogP contribution in [0.5, 0.6) is 5.75 Å². The Balaban J connectivity index is 2.14. The Hall–Kier alpha value is -2.92. The number of hydrogen-bond donors (Lipinski definition) is 2. The minimum absolute atomic E-state index is 0.0521. The monoisotopic (exact) mass is 467 g/mol. The minimum Gasteiger partial charge on any atom is -0.507 e. The molecule has 0 heterocycles. The first-order valence-corrected chi connectivity index (χ1v) is 12.4. The summed E-state index contributed by atoms with van der Waals surface area (Å²) in [5.41, 5.74) is 0.236. The van der Waals surface area contributed by atoms with Crippen molar-refractivity contribution in [1.29, 1.82) is 0 Å². The van der Waals surface area contributed by atoms with Gasteiger partial charge in [-0.25, -0.2) is 0 Å². The normalized spacial score (nSPS) is 12.9. The summed E-state index contributed by atoms with van der Waals surface area (Å²) in [7, 11) is 0. The summed E-state index contributed by atoms with van der Waals surface area (Å²) in [4.78, 5) is 24.5. The van der Waals surface area contributed by atoms with E-state index in [9.17, 15) is 14.7 Å². The first kappa shape index (κ1) is 29.1. The fraction of sp³-hybridized carbons (Fsp3) is 0.448. The van der Waals surface area contributed by atoms with Crippen LogP contribution in [0.25, 0.3) is 0 Å². The lowest BCUT2D eigenvalue weighted by Gasteiger charge is -2.14. The first-order chi connectivity index (χ1) is 16.6. The molecule has 0 saturated carbocycles. The summed E-state index contributed by atoms with van der Waals surface area (Å²) in [5.74, 6) is -0.333. The van der Waals surface area contributed by atoms with Crippen LogP contribution in [0, 0.1) is 0 Å². The summed E-state index contributed by atoms with van der Waals surface area (Å²) in [6.07, 6.45) is 23.1. The standard InChI is InChI=1S/C29H41NO4/c1-3-5-6-7-8-9-10-11-12-13-14-15-18-24-34-28(4-2)27(32)22-19-23-30-29(33)25-20-16-17-21-26(25)31/h5-6,8-9,11-12,14-17,20-21,28,31H,3-4,7,10,13,18-19,22-24H2,1-2H3,(H,30,33)/b6-5-,9-8-,12-11-,15-14-. The highest BCUT2D eigenvalue weighted by Crippen LogP contribution is 2.15. The average Bonchev–Trinajstić information content (AvgIpc) is 2.84. The summed E-state index contributed by atoms with van der Waals surface area (Å²) in [5, 5.41) is 12.4. The molecule has 1 rings (SSSR count). The van der Waals surface area contributed by atoms with Crippen LogP contribution < -0.4 is 5.32 Å². The van der Waals surface area contributed by atoms with Crippen molar-refractivity contribution in [2.45, 2.75) is 71.3 Å². The van der Waals surface area contributed by atoms with Gasteiger partial charge in [0.2, 0.25) is 0 Å². The van der Waals surface area contributed by atoms with E-state index in [1.54, 1.807) is 18.2 Å². The lowest BCUT2D eigenvalue weighted by molar-refractivity contribution is -0.130. The van der Waals surface area contributed by atoms with Crippen molar-refractivity contribution in [3.63, 3.8) is 0 Å². The van der Waals surface area contributed by atoms with Gasteiger partial charge in [-0.1, -0.05) is 74.6 Å². The Bertz CT molecular complexity index is 823. The number of phenolic OH excluding ortho intramolecular Hbond substituents is 1. The van der Waals surface area contributed by atoms with E-state index in [1.807, 2.05) is 6.92 Å². The highest BCUT2D eigenvalue weighted by Gasteiger charge is 2.16. The number of rotatable bonds is 18. The molecule has 0 aliphatic carbocycles. The van der Waals surface area contributed by atoms with Crippen molar-refractivity contribution in [1.82, 2.24) is 5.32 Å². The van der Waals surface area contributed by atoms with Gasteiger partial charge in [-0.15, -0.1) is 0 Å². The number of allylic oxidation sites excluding steroid dienone is 7. The largest absolute Gasteiger partial charge is 0.507 e. The molecule has 34 heavy (non-hydrogen) atoms. The predicted octanol–water partition coefficient (Wildman–Crippen LogP) is 6.46. The van der Waals surface area contributed by atoms with Gasteiger partial charge in [0.25, 0.3) is 5.91 Å². The highest BCUT2D eigenvalue weighted by atomic mass is 16.5. The van der Waals surface area contributed by atoms with Gasteiger partial charge in [-0.05, 0) is 57.1 Å². The third-order valence-corrected chi connectivity index (χ3v) is 5.09. The molecular formula is C29H41NO4. The molecule has 186 valence electrons. The number of hydrogen-bond acceptors (Lipinski definition) is 4. The van der Waals surface area contributed by atoms with Crippen molar-refractivity contribution < 1.29 is 19.4 Å². The maximum absolute atomic E-state index is 12.4. The Morgan fingerprint density at radius 3 is 2.18 bits per heavy atom. The Morgan fingerprint density at radius 1 is 0.941 bits per heavy atom. The number of para-hydroxylation sites is 1. The van der Waals surface area contributed by atoms with E-state index in [4.69, 9.17) is 4.74 Å². The van der Waals surface area contributed by atoms with Gasteiger partial charge in [-0.3, -0.25) is 9.59 Å². The highest BCUT2D eigenvalue weighted by molar-refractivity contribution is 5.96. The van der Waals surface area contributed by atoms with E-state index >= 15 is 0 Å². The molecule has 0 radical (unpaired) electrons. The van der Waals surface area contributed by atoms with Crippen LogP contribution in [0.4, 0.5) is 0 Å².